The van der Waals surface area contributed by atoms with Crippen LogP contribution >= 0.6 is 0 Å². The second kappa shape index (κ2) is 7.30. The van der Waals surface area contributed by atoms with Crippen molar-refractivity contribution in [3.8, 4) is 0 Å². The fourth-order valence-corrected chi connectivity index (χ4v) is 3.92. The fourth-order valence-electron chi connectivity index (χ4n) is 3.92. The number of likely N-dealkylation sites (N-methyl/N-ethyl adjacent to an activating group) is 1. The van der Waals surface area contributed by atoms with E-state index in [4.69, 9.17) is 0 Å². The average molecular weight is 317 g/mol. The predicted octanol–water partition coefficient (Wildman–Crippen LogP) is 1.64. The van der Waals surface area contributed by atoms with Gasteiger partial charge < -0.3 is 9.88 Å². The Morgan fingerprint density at radius 3 is 2.78 bits per heavy atom. The Hall–Kier alpha value is -1.62. The SMILES string of the molecule is CN(CC(=O)N1CCC(Cc2ccc(=O)[nH]c2)C1)C1CCCC1. The number of nitrogens with zero attached hydrogens (tertiary/aromatic N) is 2. The lowest BCUT2D eigenvalue weighted by atomic mass is 10.00. The molecule has 3 rings (SSSR count). The van der Waals surface area contributed by atoms with Gasteiger partial charge in [-0.15, -0.1) is 0 Å². The lowest BCUT2D eigenvalue weighted by Gasteiger charge is -2.26. The highest BCUT2D eigenvalue weighted by Gasteiger charge is 2.28. The molecule has 1 atom stereocenters. The molecule has 2 fully saturated rings. The third kappa shape index (κ3) is 4.22. The normalized spacial score (nSPS) is 22.2. The number of aromatic amines is 1. The Kier molecular flexibility index (Phi) is 5.16. The lowest BCUT2D eigenvalue weighted by molar-refractivity contribution is -0.131. The third-order valence-corrected chi connectivity index (χ3v) is 5.34. The summed E-state index contributed by atoms with van der Waals surface area (Å²) >= 11 is 0. The van der Waals surface area contributed by atoms with E-state index in [1.165, 1.54) is 25.7 Å². The summed E-state index contributed by atoms with van der Waals surface area (Å²) in [5.41, 5.74) is 1.08. The van der Waals surface area contributed by atoms with Crippen LogP contribution in [0.1, 0.15) is 37.7 Å². The van der Waals surface area contributed by atoms with E-state index < -0.39 is 0 Å². The Balaban J connectivity index is 1.47. The largest absolute Gasteiger partial charge is 0.341 e. The van der Waals surface area contributed by atoms with Gasteiger partial charge in [0.25, 0.3) is 0 Å². The zero-order valence-corrected chi connectivity index (χ0v) is 14.0. The molecule has 1 aromatic rings. The van der Waals surface area contributed by atoms with E-state index in [0.717, 1.165) is 31.5 Å². The lowest BCUT2D eigenvalue weighted by Crippen LogP contribution is -2.41. The summed E-state index contributed by atoms with van der Waals surface area (Å²) < 4.78 is 0. The number of likely N-dealkylation sites (tertiary alicyclic amines) is 1. The number of aromatic nitrogens is 1. The first kappa shape index (κ1) is 16.2. The van der Waals surface area contributed by atoms with Gasteiger partial charge in [-0.2, -0.15) is 0 Å². The fraction of sp³-hybridized carbons (Fsp3) is 0.667. The van der Waals surface area contributed by atoms with Gasteiger partial charge in [-0.25, -0.2) is 0 Å². The van der Waals surface area contributed by atoms with Gasteiger partial charge >= 0.3 is 0 Å². The molecular weight excluding hydrogens is 290 g/mol. The minimum Gasteiger partial charge on any atom is -0.341 e. The minimum absolute atomic E-state index is 0.0630. The number of H-pyrrole nitrogens is 1. The molecule has 1 saturated carbocycles. The molecule has 0 bridgehead atoms. The third-order valence-electron chi connectivity index (χ3n) is 5.34. The highest BCUT2D eigenvalue weighted by atomic mass is 16.2. The van der Waals surface area contributed by atoms with Crippen LogP contribution in [0.4, 0.5) is 0 Å². The van der Waals surface area contributed by atoms with Gasteiger partial charge in [-0.05, 0) is 44.2 Å². The van der Waals surface area contributed by atoms with E-state index in [1.54, 1.807) is 12.3 Å². The summed E-state index contributed by atoms with van der Waals surface area (Å²) in [5.74, 6) is 0.769. The summed E-state index contributed by atoms with van der Waals surface area (Å²) in [5, 5.41) is 0. The molecule has 1 aromatic heterocycles. The van der Waals surface area contributed by atoms with E-state index in [-0.39, 0.29) is 11.5 Å². The Morgan fingerprint density at radius 2 is 2.09 bits per heavy atom. The molecule has 23 heavy (non-hydrogen) atoms. The van der Waals surface area contributed by atoms with Crippen molar-refractivity contribution in [2.45, 2.75) is 44.6 Å². The summed E-state index contributed by atoms with van der Waals surface area (Å²) in [6.07, 6.45) is 8.84. The standard InChI is InChI=1S/C18H27N3O2/c1-20(16-4-2-3-5-16)13-18(23)21-9-8-15(12-21)10-14-6-7-17(22)19-11-14/h6-7,11,15-16H,2-5,8-10,12-13H2,1H3,(H,19,22). The number of carbonyl (C=O) groups excluding carboxylic acids is 1. The van der Waals surface area contributed by atoms with Crippen molar-refractivity contribution in [1.82, 2.24) is 14.8 Å². The van der Waals surface area contributed by atoms with Gasteiger partial charge in [-0.3, -0.25) is 14.5 Å². The summed E-state index contributed by atoms with van der Waals surface area (Å²) in [6, 6.07) is 4.06. The van der Waals surface area contributed by atoms with Crippen molar-refractivity contribution in [2.75, 3.05) is 26.7 Å². The maximum Gasteiger partial charge on any atom is 0.247 e. The van der Waals surface area contributed by atoms with E-state index in [9.17, 15) is 9.59 Å². The Labute approximate surface area is 137 Å². The predicted molar refractivity (Wildman–Crippen MR) is 90.3 cm³/mol. The van der Waals surface area contributed by atoms with Crippen LogP contribution in [0.15, 0.2) is 23.1 Å². The number of nitrogens with one attached hydrogen (secondary N) is 1. The topological polar surface area (TPSA) is 56.4 Å². The van der Waals surface area contributed by atoms with Gasteiger partial charge in [0.2, 0.25) is 11.5 Å². The molecule has 1 amide bonds. The summed E-state index contributed by atoms with van der Waals surface area (Å²) in [6.45, 7) is 2.26. The molecule has 2 heterocycles. The monoisotopic (exact) mass is 317 g/mol. The van der Waals surface area contributed by atoms with Crippen LogP contribution in [0.25, 0.3) is 0 Å². The maximum atomic E-state index is 12.5. The average Bonchev–Trinajstić information content (AvgIpc) is 3.21. The number of carbonyl (C=O) groups is 1. The van der Waals surface area contributed by atoms with Gasteiger partial charge in [0, 0.05) is 31.4 Å². The molecule has 5 nitrogen and oxygen atoms in total. The number of pyridine rings is 1. The second-order valence-corrected chi connectivity index (χ2v) is 7.11. The minimum atomic E-state index is -0.0630. The van der Waals surface area contributed by atoms with Crippen molar-refractivity contribution < 1.29 is 4.79 Å². The molecule has 1 aliphatic heterocycles. The van der Waals surface area contributed by atoms with Crippen molar-refractivity contribution in [1.29, 1.82) is 0 Å². The van der Waals surface area contributed by atoms with E-state index in [2.05, 4.69) is 16.9 Å². The van der Waals surface area contributed by atoms with Crippen molar-refractivity contribution in [2.24, 2.45) is 5.92 Å². The first-order chi connectivity index (χ1) is 11.1. The Bertz CT molecular complexity index is 572. The second-order valence-electron chi connectivity index (χ2n) is 7.11. The summed E-state index contributed by atoms with van der Waals surface area (Å²) in [4.78, 5) is 30.6. The van der Waals surface area contributed by atoms with E-state index >= 15 is 0 Å². The van der Waals surface area contributed by atoms with Gasteiger partial charge in [0.1, 0.15) is 0 Å². The zero-order chi connectivity index (χ0) is 16.2. The highest BCUT2D eigenvalue weighted by Crippen LogP contribution is 2.24. The molecule has 1 unspecified atom stereocenters. The van der Waals surface area contributed by atoms with E-state index in [0.29, 0.717) is 18.5 Å². The highest BCUT2D eigenvalue weighted by molar-refractivity contribution is 5.78. The van der Waals surface area contributed by atoms with Crippen LogP contribution in [0, 0.1) is 5.92 Å². The van der Waals surface area contributed by atoms with Crippen molar-refractivity contribution in [3.05, 3.63) is 34.2 Å². The van der Waals surface area contributed by atoms with Crippen molar-refractivity contribution >= 4 is 5.91 Å². The van der Waals surface area contributed by atoms with Gasteiger partial charge in [0.15, 0.2) is 0 Å². The number of hydrogen-bond acceptors (Lipinski definition) is 3. The number of amides is 1. The van der Waals surface area contributed by atoms with Crippen LogP contribution in [-0.2, 0) is 11.2 Å². The van der Waals surface area contributed by atoms with Crippen LogP contribution < -0.4 is 5.56 Å². The van der Waals surface area contributed by atoms with Gasteiger partial charge in [-0.1, -0.05) is 18.9 Å². The molecule has 5 heteroatoms. The molecular formula is C18H27N3O2. The molecule has 0 aromatic carbocycles. The molecule has 1 N–H and O–H groups in total. The number of rotatable bonds is 5. The van der Waals surface area contributed by atoms with Crippen molar-refractivity contribution in [3.63, 3.8) is 0 Å². The summed E-state index contributed by atoms with van der Waals surface area (Å²) in [7, 11) is 2.09. The van der Waals surface area contributed by atoms with Crippen LogP contribution in [0.3, 0.4) is 0 Å². The zero-order valence-electron chi connectivity index (χ0n) is 14.0. The van der Waals surface area contributed by atoms with Crippen LogP contribution in [-0.4, -0.2) is 53.4 Å². The van der Waals surface area contributed by atoms with Crippen LogP contribution in [0.5, 0.6) is 0 Å². The number of hydrogen-bond donors (Lipinski definition) is 1. The smallest absolute Gasteiger partial charge is 0.247 e. The maximum absolute atomic E-state index is 12.5. The molecule has 126 valence electrons. The van der Waals surface area contributed by atoms with Gasteiger partial charge in [0.05, 0.1) is 6.54 Å². The molecule has 1 aliphatic carbocycles. The Morgan fingerprint density at radius 1 is 1.30 bits per heavy atom. The quantitative estimate of drug-likeness (QED) is 0.898. The van der Waals surface area contributed by atoms with E-state index in [1.807, 2.05) is 11.0 Å². The first-order valence-electron chi connectivity index (χ1n) is 8.77. The molecule has 2 aliphatic rings. The van der Waals surface area contributed by atoms with Crippen LogP contribution in [0.2, 0.25) is 0 Å². The first-order valence-corrected chi connectivity index (χ1v) is 8.77. The molecule has 0 radical (unpaired) electrons. The molecule has 0 spiro atoms. The molecule has 1 saturated heterocycles.